The molecule has 0 saturated carbocycles. The zero-order valence-corrected chi connectivity index (χ0v) is 20.1. The van der Waals surface area contributed by atoms with Crippen molar-refractivity contribution in [1.29, 1.82) is 0 Å². The van der Waals surface area contributed by atoms with Crippen molar-refractivity contribution in [2.24, 2.45) is 0 Å². The molecule has 166 valence electrons. The Morgan fingerprint density at radius 2 is 1.79 bits per heavy atom. The van der Waals surface area contributed by atoms with Gasteiger partial charge in [-0.05, 0) is 91.3 Å². The summed E-state index contributed by atoms with van der Waals surface area (Å²) in [6, 6.07) is 24.8. The molecule has 1 fully saturated rings. The smallest absolute Gasteiger partial charge is 0.174 e. The van der Waals surface area contributed by atoms with E-state index in [2.05, 4.69) is 87.5 Å². The quantitative estimate of drug-likeness (QED) is 0.333. The summed E-state index contributed by atoms with van der Waals surface area (Å²) in [7, 11) is 0. The molecule has 0 aliphatic carbocycles. The molecule has 3 heterocycles. The van der Waals surface area contributed by atoms with E-state index < -0.39 is 0 Å². The first-order valence-electron chi connectivity index (χ1n) is 11.1. The molecule has 2 atom stereocenters. The number of thiocarbonyl (C=S) groups is 1. The zero-order chi connectivity index (χ0) is 22.9. The predicted molar refractivity (Wildman–Crippen MR) is 139 cm³/mol. The van der Waals surface area contributed by atoms with Gasteiger partial charge in [-0.15, -0.1) is 0 Å². The fourth-order valence-corrected chi connectivity index (χ4v) is 4.94. The number of anilines is 1. The minimum Gasteiger partial charge on any atom is -0.351 e. The fourth-order valence-electron chi connectivity index (χ4n) is 4.47. The molecule has 4 aromatic rings. The molecule has 0 spiro atoms. The molecule has 1 saturated heterocycles. The van der Waals surface area contributed by atoms with Gasteiger partial charge in [-0.3, -0.25) is 4.98 Å². The van der Waals surface area contributed by atoms with Gasteiger partial charge in [0.15, 0.2) is 5.11 Å². The van der Waals surface area contributed by atoms with E-state index in [0.29, 0.717) is 5.11 Å². The third-order valence-electron chi connectivity index (χ3n) is 6.22. The lowest BCUT2D eigenvalue weighted by molar-refractivity contribution is 0.549. The number of aryl methyl sites for hydroxylation is 2. The van der Waals surface area contributed by atoms with Crippen LogP contribution in [-0.2, 0) is 6.42 Å². The largest absolute Gasteiger partial charge is 0.351 e. The van der Waals surface area contributed by atoms with E-state index in [4.69, 9.17) is 23.8 Å². The van der Waals surface area contributed by atoms with Crippen LogP contribution in [0.3, 0.4) is 0 Å². The number of benzene rings is 2. The molecule has 33 heavy (non-hydrogen) atoms. The van der Waals surface area contributed by atoms with Gasteiger partial charge in [0, 0.05) is 34.5 Å². The lowest BCUT2D eigenvalue weighted by Gasteiger charge is -2.29. The van der Waals surface area contributed by atoms with Crippen LogP contribution in [0.1, 0.15) is 41.5 Å². The highest BCUT2D eigenvalue weighted by molar-refractivity contribution is 7.80. The second-order valence-electron chi connectivity index (χ2n) is 8.25. The van der Waals surface area contributed by atoms with E-state index in [1.165, 1.54) is 5.56 Å². The molecule has 5 rings (SSSR count). The maximum Gasteiger partial charge on any atom is 0.174 e. The number of halogens is 1. The fraction of sp³-hybridized carbons (Fsp3) is 0.185. The number of aromatic nitrogens is 2. The number of nitrogens with zero attached hydrogens (tertiary/aromatic N) is 3. The number of hydrogen-bond donors (Lipinski definition) is 1. The summed E-state index contributed by atoms with van der Waals surface area (Å²) in [5, 5.41) is 5.00. The average Bonchev–Trinajstić information content (AvgIpc) is 3.46. The highest BCUT2D eigenvalue weighted by Gasteiger charge is 2.42. The lowest BCUT2D eigenvalue weighted by atomic mass is 10.0. The molecule has 0 radical (unpaired) electrons. The second-order valence-corrected chi connectivity index (χ2v) is 9.05. The van der Waals surface area contributed by atoms with Gasteiger partial charge in [-0.1, -0.05) is 36.7 Å². The van der Waals surface area contributed by atoms with E-state index in [1.807, 2.05) is 31.3 Å². The Kier molecular flexibility index (Phi) is 5.92. The van der Waals surface area contributed by atoms with Gasteiger partial charge >= 0.3 is 0 Å². The van der Waals surface area contributed by atoms with Gasteiger partial charge in [0.05, 0.1) is 11.7 Å². The van der Waals surface area contributed by atoms with Crippen LogP contribution in [0.25, 0.3) is 5.69 Å². The molecule has 6 heteroatoms. The van der Waals surface area contributed by atoms with Crippen LogP contribution in [0.15, 0.2) is 85.2 Å². The van der Waals surface area contributed by atoms with Crippen LogP contribution in [0.4, 0.5) is 5.69 Å². The number of nitrogens with one attached hydrogen (secondary N) is 1. The lowest BCUT2D eigenvalue weighted by Crippen LogP contribution is -2.30. The van der Waals surface area contributed by atoms with Crippen LogP contribution < -0.4 is 10.2 Å². The molecular formula is C27H25ClN4S. The van der Waals surface area contributed by atoms with Gasteiger partial charge < -0.3 is 14.8 Å². The minimum absolute atomic E-state index is 0.0779. The summed E-state index contributed by atoms with van der Waals surface area (Å²) >= 11 is 12.2. The highest BCUT2D eigenvalue weighted by atomic mass is 35.5. The number of rotatable bonds is 5. The summed E-state index contributed by atoms with van der Waals surface area (Å²) in [6.45, 7) is 4.19. The van der Waals surface area contributed by atoms with Gasteiger partial charge in [0.25, 0.3) is 0 Å². The Balaban J connectivity index is 1.65. The molecule has 2 aromatic heterocycles. The Morgan fingerprint density at radius 1 is 1.00 bits per heavy atom. The first kappa shape index (κ1) is 21.7. The van der Waals surface area contributed by atoms with Crippen molar-refractivity contribution >= 4 is 34.6 Å². The first-order chi connectivity index (χ1) is 16.1. The summed E-state index contributed by atoms with van der Waals surface area (Å²) in [5.41, 5.74) is 6.55. The number of hydrogen-bond acceptors (Lipinski definition) is 2. The van der Waals surface area contributed by atoms with Crippen LogP contribution in [0, 0.1) is 6.92 Å². The maximum atomic E-state index is 6.31. The van der Waals surface area contributed by atoms with Crippen molar-refractivity contribution in [3.63, 3.8) is 0 Å². The number of pyridine rings is 1. The summed E-state index contributed by atoms with van der Waals surface area (Å²) in [6.07, 6.45) is 4.92. The highest BCUT2D eigenvalue weighted by Crippen LogP contribution is 2.42. The van der Waals surface area contributed by atoms with E-state index in [1.54, 1.807) is 0 Å². The Morgan fingerprint density at radius 3 is 2.48 bits per heavy atom. The summed E-state index contributed by atoms with van der Waals surface area (Å²) < 4.78 is 2.22. The van der Waals surface area contributed by atoms with Gasteiger partial charge in [0.1, 0.15) is 6.04 Å². The van der Waals surface area contributed by atoms with Crippen molar-refractivity contribution in [3.05, 3.63) is 113 Å². The van der Waals surface area contributed by atoms with E-state index in [0.717, 1.165) is 39.8 Å². The van der Waals surface area contributed by atoms with Gasteiger partial charge in [-0.25, -0.2) is 0 Å². The third-order valence-corrected chi connectivity index (χ3v) is 6.96. The van der Waals surface area contributed by atoms with Crippen molar-refractivity contribution in [3.8, 4) is 5.69 Å². The summed E-state index contributed by atoms with van der Waals surface area (Å²) in [4.78, 5) is 6.87. The molecule has 0 amide bonds. The van der Waals surface area contributed by atoms with Crippen molar-refractivity contribution in [2.75, 3.05) is 4.90 Å². The van der Waals surface area contributed by atoms with Gasteiger partial charge in [0.2, 0.25) is 0 Å². The zero-order valence-electron chi connectivity index (χ0n) is 18.6. The predicted octanol–water partition coefficient (Wildman–Crippen LogP) is 6.57. The van der Waals surface area contributed by atoms with Crippen LogP contribution in [0.2, 0.25) is 5.02 Å². The standard InChI is InChI=1S/C27H25ClN4S/c1-3-19-9-11-20(12-10-19)32-26(25(30-27(32)33)23-7-4-5-15-29-23)24-8-6-16-31(24)21-13-14-22(28)18(2)17-21/h4-17,25-26H,3H2,1-2H3,(H,30,33)/t25-,26-/m0/s1. The molecule has 2 aromatic carbocycles. The molecule has 4 nitrogen and oxygen atoms in total. The van der Waals surface area contributed by atoms with Crippen LogP contribution in [0.5, 0.6) is 0 Å². The van der Waals surface area contributed by atoms with Crippen LogP contribution in [-0.4, -0.2) is 14.7 Å². The Hall–Kier alpha value is -3.15. The SMILES string of the molecule is CCc1ccc(N2C(=S)N[C@@H](c3ccccn3)[C@@H]2c2cccn2-c2ccc(Cl)c(C)c2)cc1. The Bertz CT molecular complexity index is 1280. The molecule has 1 aliphatic heterocycles. The first-order valence-corrected chi connectivity index (χ1v) is 11.9. The van der Waals surface area contributed by atoms with Crippen LogP contribution >= 0.6 is 23.8 Å². The third kappa shape index (κ3) is 4.03. The molecule has 1 N–H and O–H groups in total. The monoisotopic (exact) mass is 472 g/mol. The maximum absolute atomic E-state index is 6.31. The normalized spacial score (nSPS) is 17.9. The average molecular weight is 473 g/mol. The topological polar surface area (TPSA) is 33.1 Å². The van der Waals surface area contributed by atoms with E-state index in [-0.39, 0.29) is 12.1 Å². The van der Waals surface area contributed by atoms with E-state index in [9.17, 15) is 0 Å². The van der Waals surface area contributed by atoms with E-state index >= 15 is 0 Å². The minimum atomic E-state index is -0.0911. The van der Waals surface area contributed by atoms with Crippen molar-refractivity contribution < 1.29 is 0 Å². The molecule has 1 aliphatic rings. The summed E-state index contributed by atoms with van der Waals surface area (Å²) in [5.74, 6) is 0. The Labute approximate surface area is 204 Å². The molecule has 0 unspecified atom stereocenters. The van der Waals surface area contributed by atoms with Crippen molar-refractivity contribution in [2.45, 2.75) is 32.4 Å². The van der Waals surface area contributed by atoms with Crippen molar-refractivity contribution in [1.82, 2.24) is 14.9 Å². The second kappa shape index (κ2) is 9.00. The molecule has 0 bridgehead atoms. The molecular weight excluding hydrogens is 448 g/mol. The van der Waals surface area contributed by atoms with Gasteiger partial charge in [-0.2, -0.15) is 0 Å².